The highest BCUT2D eigenvalue weighted by atomic mass is 16.5. The first kappa shape index (κ1) is 20.4. The van der Waals surface area contributed by atoms with E-state index in [0.29, 0.717) is 24.2 Å². The van der Waals surface area contributed by atoms with Crippen LogP contribution in [0.25, 0.3) is 11.1 Å². The molecule has 3 heterocycles. The molecule has 3 aromatic rings. The number of aliphatic hydroxyl groups is 1. The fourth-order valence-corrected chi connectivity index (χ4v) is 3.95. The van der Waals surface area contributed by atoms with E-state index in [1.165, 1.54) is 0 Å². The minimum absolute atomic E-state index is 0.297. The van der Waals surface area contributed by atoms with Gasteiger partial charge < -0.3 is 9.84 Å². The molecule has 0 amide bonds. The van der Waals surface area contributed by atoms with Gasteiger partial charge in [-0.15, -0.1) is 0 Å². The quantitative estimate of drug-likeness (QED) is 0.621. The third-order valence-electron chi connectivity index (χ3n) is 5.84. The summed E-state index contributed by atoms with van der Waals surface area (Å²) in [6, 6.07) is 9.84. The van der Waals surface area contributed by atoms with Crippen molar-refractivity contribution in [1.29, 1.82) is 0 Å². The van der Waals surface area contributed by atoms with Crippen molar-refractivity contribution in [3.05, 3.63) is 66.1 Å². The van der Waals surface area contributed by atoms with Crippen LogP contribution in [0.15, 0.2) is 48.9 Å². The second-order valence-electron chi connectivity index (χ2n) is 8.10. The van der Waals surface area contributed by atoms with Gasteiger partial charge in [-0.1, -0.05) is 31.9 Å². The smallest absolute Gasteiger partial charge is 0.224 e. The van der Waals surface area contributed by atoms with E-state index in [1.807, 2.05) is 43.5 Å². The van der Waals surface area contributed by atoms with Crippen molar-refractivity contribution in [2.75, 3.05) is 6.61 Å². The number of aromatic nitrogens is 4. The molecular weight excluding hydrogens is 376 g/mol. The Bertz CT molecular complexity index is 970. The Morgan fingerprint density at radius 1 is 1.07 bits per heavy atom. The largest absolute Gasteiger partial charge is 0.477 e. The molecule has 3 aromatic heterocycles. The predicted molar refractivity (Wildman–Crippen MR) is 115 cm³/mol. The van der Waals surface area contributed by atoms with Gasteiger partial charge in [0.25, 0.3) is 0 Å². The summed E-state index contributed by atoms with van der Waals surface area (Å²) in [6.45, 7) is 4.53. The molecule has 1 N–H and O–H groups in total. The van der Waals surface area contributed by atoms with Gasteiger partial charge in [0, 0.05) is 35.8 Å². The lowest BCUT2D eigenvalue weighted by molar-refractivity contribution is 0.0400. The number of hydrogen-bond acceptors (Lipinski definition) is 6. The molecule has 0 radical (unpaired) electrons. The Balaban J connectivity index is 1.48. The molecule has 0 unspecified atom stereocenters. The van der Waals surface area contributed by atoms with Crippen LogP contribution in [0.1, 0.15) is 62.2 Å². The van der Waals surface area contributed by atoms with Gasteiger partial charge in [0.15, 0.2) is 0 Å². The molecule has 1 fully saturated rings. The summed E-state index contributed by atoms with van der Waals surface area (Å²) >= 11 is 0. The molecular formula is C24H28N4O2. The van der Waals surface area contributed by atoms with E-state index in [-0.39, 0.29) is 0 Å². The van der Waals surface area contributed by atoms with E-state index < -0.39 is 5.60 Å². The SMILES string of the molecule is Cc1ncc(-c2ccc(C3(O)CCCC3)nc2)c(OCC[C@@H](C)c2ccccn2)n1. The van der Waals surface area contributed by atoms with Crippen molar-refractivity contribution in [1.82, 2.24) is 19.9 Å². The van der Waals surface area contributed by atoms with Crippen LogP contribution < -0.4 is 4.74 Å². The van der Waals surface area contributed by atoms with Crippen LogP contribution in [0.3, 0.4) is 0 Å². The third kappa shape index (κ3) is 4.49. The molecule has 1 aliphatic rings. The van der Waals surface area contributed by atoms with Crippen LogP contribution in [0.4, 0.5) is 0 Å². The zero-order chi connectivity index (χ0) is 21.0. The monoisotopic (exact) mass is 404 g/mol. The Morgan fingerprint density at radius 3 is 2.60 bits per heavy atom. The van der Waals surface area contributed by atoms with E-state index in [1.54, 1.807) is 12.4 Å². The van der Waals surface area contributed by atoms with Crippen molar-refractivity contribution in [3.63, 3.8) is 0 Å². The van der Waals surface area contributed by atoms with E-state index >= 15 is 0 Å². The minimum Gasteiger partial charge on any atom is -0.477 e. The van der Waals surface area contributed by atoms with Crippen molar-refractivity contribution >= 4 is 0 Å². The average molecular weight is 405 g/mol. The summed E-state index contributed by atoms with van der Waals surface area (Å²) in [7, 11) is 0. The highest BCUT2D eigenvalue weighted by Gasteiger charge is 2.34. The van der Waals surface area contributed by atoms with Gasteiger partial charge in [-0.3, -0.25) is 9.97 Å². The molecule has 6 heteroatoms. The van der Waals surface area contributed by atoms with Crippen LogP contribution in [-0.4, -0.2) is 31.6 Å². The van der Waals surface area contributed by atoms with Crippen molar-refractivity contribution in [3.8, 4) is 17.0 Å². The zero-order valence-electron chi connectivity index (χ0n) is 17.6. The second kappa shape index (κ2) is 8.88. The van der Waals surface area contributed by atoms with Crippen LogP contribution in [0.5, 0.6) is 5.88 Å². The fraction of sp³-hybridized carbons (Fsp3) is 0.417. The Morgan fingerprint density at radius 2 is 1.90 bits per heavy atom. The van der Waals surface area contributed by atoms with E-state index in [9.17, 15) is 5.11 Å². The Labute approximate surface area is 177 Å². The van der Waals surface area contributed by atoms with Crippen LogP contribution >= 0.6 is 0 Å². The molecule has 1 saturated carbocycles. The molecule has 0 aliphatic heterocycles. The first-order chi connectivity index (χ1) is 14.5. The Hall–Kier alpha value is -2.86. The standard InChI is InChI=1S/C24H28N4O2/c1-17(21-7-3-6-13-25-21)10-14-30-23-20(16-26-18(2)28-23)19-8-9-22(27-15-19)24(29)11-4-5-12-24/h3,6-9,13,15-17,29H,4-5,10-12,14H2,1-2H3/t17-/m1/s1. The molecule has 0 aromatic carbocycles. The summed E-state index contributed by atoms with van der Waals surface area (Å²) in [4.78, 5) is 17.8. The van der Waals surface area contributed by atoms with E-state index in [2.05, 4.69) is 26.9 Å². The average Bonchev–Trinajstić information content (AvgIpc) is 3.22. The van der Waals surface area contributed by atoms with E-state index in [4.69, 9.17) is 4.74 Å². The van der Waals surface area contributed by atoms with Gasteiger partial charge in [0.1, 0.15) is 11.4 Å². The zero-order valence-corrected chi connectivity index (χ0v) is 17.6. The number of ether oxygens (including phenoxy) is 1. The lowest BCUT2D eigenvalue weighted by Crippen LogP contribution is -2.22. The molecule has 30 heavy (non-hydrogen) atoms. The van der Waals surface area contributed by atoms with Crippen LogP contribution in [0, 0.1) is 6.92 Å². The lowest BCUT2D eigenvalue weighted by atomic mass is 9.96. The van der Waals surface area contributed by atoms with Gasteiger partial charge in [-0.2, -0.15) is 4.98 Å². The maximum Gasteiger partial charge on any atom is 0.224 e. The van der Waals surface area contributed by atoms with Crippen LogP contribution in [0.2, 0.25) is 0 Å². The number of pyridine rings is 2. The van der Waals surface area contributed by atoms with Gasteiger partial charge >= 0.3 is 0 Å². The molecule has 0 spiro atoms. The molecule has 0 bridgehead atoms. The summed E-state index contributed by atoms with van der Waals surface area (Å²) in [5, 5.41) is 10.8. The van der Waals surface area contributed by atoms with Gasteiger partial charge in [0.05, 0.1) is 17.9 Å². The highest BCUT2D eigenvalue weighted by molar-refractivity contribution is 5.67. The van der Waals surface area contributed by atoms with Gasteiger partial charge in [0.2, 0.25) is 5.88 Å². The number of nitrogens with zero attached hydrogens (tertiary/aromatic N) is 4. The minimum atomic E-state index is -0.788. The summed E-state index contributed by atoms with van der Waals surface area (Å²) in [6.07, 6.45) is 9.85. The van der Waals surface area contributed by atoms with Gasteiger partial charge in [-0.25, -0.2) is 4.98 Å². The summed E-state index contributed by atoms with van der Waals surface area (Å²) < 4.78 is 6.06. The molecule has 4 rings (SSSR count). The maximum absolute atomic E-state index is 10.8. The highest BCUT2D eigenvalue weighted by Crippen LogP contribution is 2.38. The summed E-state index contributed by atoms with van der Waals surface area (Å²) in [5.74, 6) is 1.52. The predicted octanol–water partition coefficient (Wildman–Crippen LogP) is 4.58. The van der Waals surface area contributed by atoms with Crippen molar-refractivity contribution < 1.29 is 9.84 Å². The normalized spacial score (nSPS) is 16.4. The van der Waals surface area contributed by atoms with E-state index in [0.717, 1.165) is 54.6 Å². The fourth-order valence-electron chi connectivity index (χ4n) is 3.95. The number of hydrogen-bond donors (Lipinski definition) is 1. The Kier molecular flexibility index (Phi) is 6.04. The van der Waals surface area contributed by atoms with Gasteiger partial charge in [-0.05, 0) is 44.4 Å². The molecule has 1 atom stereocenters. The number of rotatable bonds is 7. The summed E-state index contributed by atoms with van der Waals surface area (Å²) in [5.41, 5.74) is 2.70. The number of aryl methyl sites for hydroxylation is 1. The van der Waals surface area contributed by atoms with Crippen LogP contribution in [-0.2, 0) is 5.60 Å². The van der Waals surface area contributed by atoms with Crippen molar-refractivity contribution in [2.24, 2.45) is 0 Å². The first-order valence-electron chi connectivity index (χ1n) is 10.6. The molecule has 1 aliphatic carbocycles. The maximum atomic E-state index is 10.8. The lowest BCUT2D eigenvalue weighted by Gasteiger charge is -2.21. The first-order valence-corrected chi connectivity index (χ1v) is 10.6. The van der Waals surface area contributed by atoms with Crippen molar-refractivity contribution in [2.45, 2.75) is 57.5 Å². The molecule has 156 valence electrons. The third-order valence-corrected chi connectivity index (χ3v) is 5.84. The second-order valence-corrected chi connectivity index (χ2v) is 8.10. The topological polar surface area (TPSA) is 81.0 Å². The molecule has 0 saturated heterocycles. The molecule has 6 nitrogen and oxygen atoms in total.